The highest BCUT2D eigenvalue weighted by atomic mass is 16.5. The van der Waals surface area contributed by atoms with Gasteiger partial charge in [0.25, 0.3) is 0 Å². The van der Waals surface area contributed by atoms with E-state index < -0.39 is 0 Å². The number of fused-ring (bicyclic) bond motifs is 1. The molecule has 0 saturated carbocycles. The molecule has 0 amide bonds. The highest BCUT2D eigenvalue weighted by Gasteiger charge is 2.23. The van der Waals surface area contributed by atoms with E-state index in [1.165, 1.54) is 11.1 Å². The van der Waals surface area contributed by atoms with E-state index in [0.717, 1.165) is 25.0 Å². The third kappa shape index (κ3) is 2.41. The number of nitrogens with zero attached hydrogens (tertiary/aromatic N) is 2. The maximum Gasteiger partial charge on any atom is 0.226 e. The zero-order chi connectivity index (χ0) is 13.9. The molecule has 20 heavy (non-hydrogen) atoms. The lowest BCUT2D eigenvalue weighted by atomic mass is 10.1. The first-order chi connectivity index (χ1) is 9.81. The molecule has 106 valence electrons. The zero-order valence-corrected chi connectivity index (χ0v) is 11.8. The first-order valence-electron chi connectivity index (χ1n) is 7.05. The lowest BCUT2D eigenvalue weighted by Crippen LogP contribution is -2.12. The van der Waals surface area contributed by atoms with Gasteiger partial charge in [-0.25, -0.2) is 0 Å². The van der Waals surface area contributed by atoms with Crippen molar-refractivity contribution in [2.45, 2.75) is 38.8 Å². The predicted octanol–water partition coefficient (Wildman–Crippen LogP) is 2.42. The number of aryl methyl sites for hydroxylation is 1. The topological polar surface area (TPSA) is 60.2 Å². The van der Waals surface area contributed by atoms with Gasteiger partial charge in [-0.1, -0.05) is 24.2 Å². The Bertz CT molecular complexity index is 595. The molecule has 5 nitrogen and oxygen atoms in total. The lowest BCUT2D eigenvalue weighted by molar-refractivity contribution is 0.283. The maximum atomic E-state index is 5.87. The van der Waals surface area contributed by atoms with Crippen molar-refractivity contribution in [3.8, 4) is 5.75 Å². The van der Waals surface area contributed by atoms with Crippen LogP contribution in [0.3, 0.4) is 0 Å². The summed E-state index contributed by atoms with van der Waals surface area (Å²) >= 11 is 0. The van der Waals surface area contributed by atoms with Crippen LogP contribution in [0.1, 0.15) is 42.2 Å². The van der Waals surface area contributed by atoms with Crippen molar-refractivity contribution >= 4 is 0 Å². The molecule has 0 fully saturated rings. The molecule has 1 atom stereocenters. The SMILES string of the molecule is CCc1nc(COc2cccc3c2CCC3NC)no1. The van der Waals surface area contributed by atoms with Gasteiger partial charge in [0.15, 0.2) is 6.61 Å². The first-order valence-corrected chi connectivity index (χ1v) is 7.05. The molecule has 3 rings (SSSR count). The Balaban J connectivity index is 1.74. The fourth-order valence-corrected chi connectivity index (χ4v) is 2.69. The second-order valence-electron chi connectivity index (χ2n) is 4.95. The van der Waals surface area contributed by atoms with Crippen molar-refractivity contribution in [3.05, 3.63) is 41.0 Å². The molecule has 1 aliphatic rings. The van der Waals surface area contributed by atoms with E-state index in [1.54, 1.807) is 0 Å². The normalized spacial score (nSPS) is 17.2. The molecule has 5 heteroatoms. The summed E-state index contributed by atoms with van der Waals surface area (Å²) in [6.45, 7) is 2.34. The van der Waals surface area contributed by atoms with Crippen molar-refractivity contribution in [1.82, 2.24) is 15.5 Å². The summed E-state index contributed by atoms with van der Waals surface area (Å²) in [5.41, 5.74) is 2.64. The van der Waals surface area contributed by atoms with Crippen molar-refractivity contribution in [2.75, 3.05) is 7.05 Å². The van der Waals surface area contributed by atoms with Gasteiger partial charge in [-0.2, -0.15) is 4.98 Å². The van der Waals surface area contributed by atoms with Crippen LogP contribution in [0.5, 0.6) is 5.75 Å². The summed E-state index contributed by atoms with van der Waals surface area (Å²) in [7, 11) is 2.00. The number of rotatable bonds is 5. The summed E-state index contributed by atoms with van der Waals surface area (Å²) in [6, 6.07) is 6.65. The summed E-state index contributed by atoms with van der Waals surface area (Å²) in [5, 5.41) is 7.24. The van der Waals surface area contributed by atoms with E-state index in [1.807, 2.05) is 26.1 Å². The van der Waals surface area contributed by atoms with Crippen molar-refractivity contribution in [1.29, 1.82) is 0 Å². The zero-order valence-electron chi connectivity index (χ0n) is 11.8. The minimum Gasteiger partial charge on any atom is -0.485 e. The first kappa shape index (κ1) is 13.1. The molecular weight excluding hydrogens is 254 g/mol. The van der Waals surface area contributed by atoms with E-state index in [4.69, 9.17) is 9.26 Å². The molecule has 0 spiro atoms. The summed E-state index contributed by atoms with van der Waals surface area (Å²) < 4.78 is 11.0. The smallest absolute Gasteiger partial charge is 0.226 e. The number of ether oxygens (including phenoxy) is 1. The summed E-state index contributed by atoms with van der Waals surface area (Å²) in [4.78, 5) is 4.25. The van der Waals surface area contributed by atoms with Crippen LogP contribution in [-0.4, -0.2) is 17.2 Å². The van der Waals surface area contributed by atoms with Gasteiger partial charge in [0.2, 0.25) is 11.7 Å². The van der Waals surface area contributed by atoms with Crippen LogP contribution in [0.4, 0.5) is 0 Å². The van der Waals surface area contributed by atoms with Crippen molar-refractivity contribution in [3.63, 3.8) is 0 Å². The van der Waals surface area contributed by atoms with Gasteiger partial charge >= 0.3 is 0 Å². The molecule has 0 bridgehead atoms. The van der Waals surface area contributed by atoms with E-state index in [-0.39, 0.29) is 0 Å². The molecule has 1 heterocycles. The molecule has 1 aromatic heterocycles. The third-order valence-corrected chi connectivity index (χ3v) is 3.75. The van der Waals surface area contributed by atoms with Crippen LogP contribution < -0.4 is 10.1 Å². The molecule has 1 N–H and O–H groups in total. The van der Waals surface area contributed by atoms with Gasteiger partial charge in [0, 0.05) is 12.5 Å². The second kappa shape index (κ2) is 5.63. The fraction of sp³-hybridized carbons (Fsp3) is 0.467. The fourth-order valence-electron chi connectivity index (χ4n) is 2.69. The van der Waals surface area contributed by atoms with Gasteiger partial charge in [-0.3, -0.25) is 0 Å². The highest BCUT2D eigenvalue weighted by molar-refractivity contribution is 5.45. The Morgan fingerprint density at radius 1 is 1.45 bits per heavy atom. The second-order valence-corrected chi connectivity index (χ2v) is 4.95. The standard InChI is InChI=1S/C15H19N3O2/c1-3-15-17-14(18-20-15)9-19-13-6-4-5-10-11(13)7-8-12(10)16-2/h4-6,12,16H,3,7-9H2,1-2H3. The average Bonchev–Trinajstić information content (AvgIpc) is 3.11. The van der Waals surface area contributed by atoms with Crippen molar-refractivity contribution < 1.29 is 9.26 Å². The van der Waals surface area contributed by atoms with Crippen LogP contribution in [0, 0.1) is 0 Å². The number of benzene rings is 1. The third-order valence-electron chi connectivity index (χ3n) is 3.75. The monoisotopic (exact) mass is 273 g/mol. The Kier molecular flexibility index (Phi) is 3.69. The van der Waals surface area contributed by atoms with Gasteiger partial charge in [0.05, 0.1) is 0 Å². The van der Waals surface area contributed by atoms with E-state index in [9.17, 15) is 0 Å². The Labute approximate surface area is 118 Å². The molecule has 2 aromatic rings. The largest absolute Gasteiger partial charge is 0.485 e. The summed E-state index contributed by atoms with van der Waals surface area (Å²) in [5.74, 6) is 2.18. The minimum absolute atomic E-state index is 0.351. The average molecular weight is 273 g/mol. The van der Waals surface area contributed by atoms with Crippen molar-refractivity contribution in [2.24, 2.45) is 0 Å². The molecular formula is C15H19N3O2. The van der Waals surface area contributed by atoms with Gasteiger partial charge < -0.3 is 14.6 Å². The number of nitrogens with one attached hydrogen (secondary N) is 1. The van der Waals surface area contributed by atoms with Gasteiger partial charge in [0.1, 0.15) is 5.75 Å². The Hall–Kier alpha value is -1.88. The number of hydrogen-bond acceptors (Lipinski definition) is 5. The summed E-state index contributed by atoms with van der Waals surface area (Å²) in [6.07, 6.45) is 2.91. The van der Waals surface area contributed by atoms with Crippen LogP contribution >= 0.6 is 0 Å². The van der Waals surface area contributed by atoms with E-state index in [0.29, 0.717) is 24.4 Å². The Morgan fingerprint density at radius 3 is 3.10 bits per heavy atom. The van der Waals surface area contributed by atoms with Crippen LogP contribution in [0.2, 0.25) is 0 Å². The molecule has 1 unspecified atom stereocenters. The quantitative estimate of drug-likeness (QED) is 0.906. The van der Waals surface area contributed by atoms with E-state index in [2.05, 4.69) is 21.5 Å². The molecule has 1 aliphatic carbocycles. The Morgan fingerprint density at radius 2 is 2.35 bits per heavy atom. The van der Waals surface area contributed by atoms with Crippen LogP contribution in [0.15, 0.2) is 22.7 Å². The number of aromatic nitrogens is 2. The minimum atomic E-state index is 0.351. The van der Waals surface area contributed by atoms with Crippen LogP contribution in [-0.2, 0) is 19.4 Å². The number of hydrogen-bond donors (Lipinski definition) is 1. The van der Waals surface area contributed by atoms with E-state index >= 15 is 0 Å². The molecule has 0 aliphatic heterocycles. The van der Waals surface area contributed by atoms with Gasteiger partial charge in [-0.15, -0.1) is 0 Å². The van der Waals surface area contributed by atoms with Crippen LogP contribution in [0.25, 0.3) is 0 Å². The molecule has 1 aromatic carbocycles. The highest BCUT2D eigenvalue weighted by Crippen LogP contribution is 2.36. The predicted molar refractivity (Wildman–Crippen MR) is 74.6 cm³/mol. The maximum absolute atomic E-state index is 5.87. The molecule has 0 saturated heterocycles. The van der Waals surface area contributed by atoms with Gasteiger partial charge in [-0.05, 0) is 37.1 Å². The molecule has 0 radical (unpaired) electrons. The lowest BCUT2D eigenvalue weighted by Gasteiger charge is -2.12.